The van der Waals surface area contributed by atoms with Gasteiger partial charge in [-0.3, -0.25) is 0 Å². The van der Waals surface area contributed by atoms with Crippen LogP contribution in [-0.4, -0.2) is 22.0 Å². The summed E-state index contributed by atoms with van der Waals surface area (Å²) in [5, 5.41) is 2.86. The van der Waals surface area contributed by atoms with Crippen LogP contribution in [0.4, 0.5) is 5.82 Å². The van der Waals surface area contributed by atoms with Crippen LogP contribution in [0.1, 0.15) is 5.56 Å². The van der Waals surface area contributed by atoms with Crippen molar-refractivity contribution in [2.24, 2.45) is 5.73 Å². The second-order valence-corrected chi connectivity index (χ2v) is 2.34. The number of nitrogens with zero attached hydrogens (tertiary/aromatic N) is 2. The molecule has 0 aromatic carbocycles. The summed E-state index contributed by atoms with van der Waals surface area (Å²) in [7, 11) is 1.75. The minimum Gasteiger partial charge on any atom is -0.389 e. The third-order valence-corrected chi connectivity index (χ3v) is 1.43. The van der Waals surface area contributed by atoms with Gasteiger partial charge < -0.3 is 11.1 Å². The van der Waals surface area contributed by atoms with Crippen molar-refractivity contribution < 1.29 is 0 Å². The van der Waals surface area contributed by atoms with Gasteiger partial charge >= 0.3 is 0 Å². The molecule has 0 aliphatic heterocycles. The minimum absolute atomic E-state index is 0.301. The zero-order chi connectivity index (χ0) is 8.27. The third kappa shape index (κ3) is 1.62. The molecule has 0 fully saturated rings. The lowest BCUT2D eigenvalue weighted by molar-refractivity contribution is 1.15. The maximum atomic E-state index is 5.40. The average Bonchev–Trinajstić information content (AvgIpc) is 2.04. The Kier molecular flexibility index (Phi) is 2.32. The van der Waals surface area contributed by atoms with E-state index in [1.807, 2.05) is 0 Å². The first kappa shape index (κ1) is 7.87. The van der Waals surface area contributed by atoms with Crippen LogP contribution in [0.5, 0.6) is 0 Å². The number of nitrogens with two attached hydrogens (primary N) is 1. The number of hydrogen-bond donors (Lipinski definition) is 2. The van der Waals surface area contributed by atoms with E-state index in [9.17, 15) is 0 Å². The van der Waals surface area contributed by atoms with Gasteiger partial charge in [0.05, 0.1) is 5.56 Å². The van der Waals surface area contributed by atoms with Crippen molar-refractivity contribution in [3.63, 3.8) is 0 Å². The lowest BCUT2D eigenvalue weighted by Gasteiger charge is -2.03. The Bertz CT molecular complexity index is 273. The minimum atomic E-state index is 0.301. The molecule has 1 aromatic heterocycles. The molecule has 0 amide bonds. The van der Waals surface area contributed by atoms with Crippen molar-refractivity contribution in [1.82, 2.24) is 9.97 Å². The molecule has 0 unspecified atom stereocenters. The lowest BCUT2D eigenvalue weighted by atomic mass is 10.3. The van der Waals surface area contributed by atoms with Gasteiger partial charge in [0.15, 0.2) is 0 Å². The molecule has 0 atom stereocenters. The lowest BCUT2D eigenvalue weighted by Crippen LogP contribution is -2.13. The molecule has 0 saturated heterocycles. The van der Waals surface area contributed by atoms with Crippen molar-refractivity contribution >= 4 is 23.0 Å². The van der Waals surface area contributed by atoms with Gasteiger partial charge in [0.25, 0.3) is 0 Å². The largest absolute Gasteiger partial charge is 0.389 e. The molecule has 58 valence electrons. The van der Waals surface area contributed by atoms with E-state index in [1.165, 1.54) is 6.33 Å². The van der Waals surface area contributed by atoms with Crippen molar-refractivity contribution in [2.75, 3.05) is 12.4 Å². The van der Waals surface area contributed by atoms with Crippen LogP contribution in [0.2, 0.25) is 0 Å². The van der Waals surface area contributed by atoms with Gasteiger partial charge in [-0.05, 0) is 0 Å². The van der Waals surface area contributed by atoms with Gasteiger partial charge in [0.1, 0.15) is 17.1 Å². The summed E-state index contributed by atoms with van der Waals surface area (Å²) in [6.07, 6.45) is 3.02. The number of rotatable bonds is 2. The van der Waals surface area contributed by atoms with Crippen LogP contribution >= 0.6 is 12.2 Å². The number of hydrogen-bond acceptors (Lipinski definition) is 4. The second-order valence-electron chi connectivity index (χ2n) is 1.90. The molecule has 11 heavy (non-hydrogen) atoms. The van der Waals surface area contributed by atoms with E-state index in [4.69, 9.17) is 18.0 Å². The fourth-order valence-electron chi connectivity index (χ4n) is 0.709. The first-order valence-electron chi connectivity index (χ1n) is 3.03. The molecular weight excluding hydrogens is 160 g/mol. The van der Waals surface area contributed by atoms with Crippen LogP contribution < -0.4 is 11.1 Å². The first-order valence-corrected chi connectivity index (χ1v) is 3.44. The molecule has 4 nitrogen and oxygen atoms in total. The predicted octanol–water partition coefficient (Wildman–Crippen LogP) is 0.153. The molecule has 5 heteroatoms. The number of thiocarbonyl (C=S) groups is 1. The number of nitrogens with one attached hydrogen (secondary N) is 1. The van der Waals surface area contributed by atoms with Crippen LogP contribution in [-0.2, 0) is 0 Å². The van der Waals surface area contributed by atoms with Gasteiger partial charge in [-0.15, -0.1) is 0 Å². The average molecular weight is 168 g/mol. The van der Waals surface area contributed by atoms with Crippen molar-refractivity contribution in [3.05, 3.63) is 18.1 Å². The molecule has 1 aromatic rings. The highest BCUT2D eigenvalue weighted by Crippen LogP contribution is 2.07. The molecule has 0 radical (unpaired) electrons. The molecule has 0 aliphatic carbocycles. The first-order chi connectivity index (χ1) is 5.25. The summed E-state index contributed by atoms with van der Waals surface area (Å²) in [5.41, 5.74) is 6.07. The summed E-state index contributed by atoms with van der Waals surface area (Å²) in [6, 6.07) is 0. The van der Waals surface area contributed by atoms with E-state index < -0.39 is 0 Å². The fraction of sp³-hybridized carbons (Fsp3) is 0.167. The molecule has 0 bridgehead atoms. The van der Waals surface area contributed by atoms with Crippen LogP contribution in [0, 0.1) is 0 Å². The third-order valence-electron chi connectivity index (χ3n) is 1.21. The maximum Gasteiger partial charge on any atom is 0.139 e. The highest BCUT2D eigenvalue weighted by atomic mass is 32.1. The predicted molar refractivity (Wildman–Crippen MR) is 47.5 cm³/mol. The summed E-state index contributed by atoms with van der Waals surface area (Å²) in [6.45, 7) is 0. The van der Waals surface area contributed by atoms with E-state index in [-0.39, 0.29) is 0 Å². The Morgan fingerprint density at radius 3 is 2.91 bits per heavy atom. The van der Waals surface area contributed by atoms with Crippen molar-refractivity contribution in [2.45, 2.75) is 0 Å². The summed E-state index contributed by atoms with van der Waals surface area (Å²) in [4.78, 5) is 8.03. The van der Waals surface area contributed by atoms with E-state index in [0.29, 0.717) is 16.4 Å². The Labute approximate surface area is 69.8 Å². The Morgan fingerprint density at radius 1 is 1.73 bits per heavy atom. The van der Waals surface area contributed by atoms with Crippen LogP contribution in [0.25, 0.3) is 0 Å². The van der Waals surface area contributed by atoms with Gasteiger partial charge in [0, 0.05) is 13.2 Å². The molecule has 3 N–H and O–H groups in total. The van der Waals surface area contributed by atoms with Crippen LogP contribution in [0.3, 0.4) is 0 Å². The van der Waals surface area contributed by atoms with Crippen molar-refractivity contribution in [3.8, 4) is 0 Å². The maximum absolute atomic E-state index is 5.40. The Hall–Kier alpha value is -1.23. The molecule has 1 rings (SSSR count). The van der Waals surface area contributed by atoms with Gasteiger partial charge in [0.2, 0.25) is 0 Å². The monoisotopic (exact) mass is 168 g/mol. The highest BCUT2D eigenvalue weighted by Gasteiger charge is 2.02. The smallest absolute Gasteiger partial charge is 0.139 e. The number of aromatic nitrogens is 2. The van der Waals surface area contributed by atoms with Gasteiger partial charge in [-0.1, -0.05) is 12.2 Å². The number of anilines is 1. The Morgan fingerprint density at radius 2 is 2.45 bits per heavy atom. The quantitative estimate of drug-likeness (QED) is 0.615. The zero-order valence-corrected chi connectivity index (χ0v) is 6.85. The second kappa shape index (κ2) is 3.25. The summed E-state index contributed by atoms with van der Waals surface area (Å²) >= 11 is 4.77. The molecule has 1 heterocycles. The summed E-state index contributed by atoms with van der Waals surface area (Å²) in [5.74, 6) is 0.660. The van der Waals surface area contributed by atoms with Gasteiger partial charge in [-0.25, -0.2) is 9.97 Å². The van der Waals surface area contributed by atoms with Crippen molar-refractivity contribution in [1.29, 1.82) is 0 Å². The van der Waals surface area contributed by atoms with E-state index >= 15 is 0 Å². The topological polar surface area (TPSA) is 63.8 Å². The molecule has 0 saturated carbocycles. The zero-order valence-electron chi connectivity index (χ0n) is 6.03. The van der Waals surface area contributed by atoms with E-state index in [0.717, 1.165) is 0 Å². The Balaban J connectivity index is 3.12. The molecule has 0 spiro atoms. The fourth-order valence-corrected chi connectivity index (χ4v) is 0.859. The van der Waals surface area contributed by atoms with Crippen LogP contribution in [0.15, 0.2) is 12.5 Å². The molecular formula is C6H8N4S. The van der Waals surface area contributed by atoms with E-state index in [2.05, 4.69) is 15.3 Å². The highest BCUT2D eigenvalue weighted by molar-refractivity contribution is 7.80. The van der Waals surface area contributed by atoms with Gasteiger partial charge in [-0.2, -0.15) is 0 Å². The standard InChI is InChI=1S/C6H8N4S/c1-8-6-4(5(7)11)2-9-3-10-6/h2-3H,1H3,(H2,7,11)(H,8,9,10). The normalized spacial score (nSPS) is 9.18. The summed E-state index contributed by atoms with van der Waals surface area (Å²) < 4.78 is 0. The SMILES string of the molecule is CNc1ncncc1C(N)=S. The molecule has 0 aliphatic rings. The van der Waals surface area contributed by atoms with E-state index in [1.54, 1.807) is 13.2 Å².